The third-order valence-electron chi connectivity index (χ3n) is 3.78. The number of nitrogens with one attached hydrogen (secondary N) is 1. The Kier molecular flexibility index (Phi) is 5.14. The van der Waals surface area contributed by atoms with E-state index in [1.54, 1.807) is 19.2 Å². The number of ether oxygens (including phenoxy) is 2. The normalized spacial score (nSPS) is 13.5. The van der Waals surface area contributed by atoms with Crippen LogP contribution < -0.4 is 18.5 Å². The van der Waals surface area contributed by atoms with Crippen molar-refractivity contribution in [3.8, 4) is 11.5 Å². The standard InChI is InChI=1S/C18H18N2O4S/c1-12-7-14(10-21)8-16(18(12)20-9-17(22)19-25-20)24-11-13-3-5-15(23-2)6-4-13/h3-8,10H,9,11H2,1-2H3,(H,19,22). The second-order valence-electron chi connectivity index (χ2n) is 5.59. The van der Waals surface area contributed by atoms with Crippen LogP contribution >= 0.6 is 12.1 Å². The summed E-state index contributed by atoms with van der Waals surface area (Å²) < 4.78 is 15.7. The number of benzene rings is 2. The van der Waals surface area contributed by atoms with Gasteiger partial charge in [-0.15, -0.1) is 0 Å². The van der Waals surface area contributed by atoms with Crippen LogP contribution in [-0.4, -0.2) is 25.8 Å². The summed E-state index contributed by atoms with van der Waals surface area (Å²) in [5.41, 5.74) is 3.18. The van der Waals surface area contributed by atoms with Crippen LogP contribution in [-0.2, 0) is 11.4 Å². The van der Waals surface area contributed by atoms with Crippen molar-refractivity contribution < 1.29 is 19.1 Å². The number of methoxy groups -OCH3 is 1. The van der Waals surface area contributed by atoms with Gasteiger partial charge in [0.1, 0.15) is 30.9 Å². The Morgan fingerprint density at radius 2 is 2.04 bits per heavy atom. The van der Waals surface area contributed by atoms with Gasteiger partial charge >= 0.3 is 0 Å². The molecule has 1 aliphatic rings. The molecule has 0 aromatic heterocycles. The van der Waals surface area contributed by atoms with Crippen LogP contribution in [0.15, 0.2) is 36.4 Å². The molecule has 1 saturated heterocycles. The number of carbonyl (C=O) groups excluding carboxylic acids is 2. The topological polar surface area (TPSA) is 67.9 Å². The molecule has 0 unspecified atom stereocenters. The summed E-state index contributed by atoms with van der Waals surface area (Å²) in [6.45, 7) is 2.48. The first kappa shape index (κ1) is 17.2. The number of rotatable bonds is 6. The first-order valence-corrected chi connectivity index (χ1v) is 8.47. The molecule has 1 fully saturated rings. The smallest absolute Gasteiger partial charge is 0.251 e. The summed E-state index contributed by atoms with van der Waals surface area (Å²) in [4.78, 5) is 22.7. The van der Waals surface area contributed by atoms with Crippen LogP contribution in [0.25, 0.3) is 0 Å². The molecule has 0 aliphatic carbocycles. The van der Waals surface area contributed by atoms with E-state index in [9.17, 15) is 9.59 Å². The number of aldehydes is 1. The minimum absolute atomic E-state index is 0.0648. The third kappa shape index (κ3) is 3.88. The summed E-state index contributed by atoms with van der Waals surface area (Å²) >= 11 is 1.22. The number of hydrogen-bond acceptors (Lipinski definition) is 6. The van der Waals surface area contributed by atoms with E-state index in [0.717, 1.165) is 28.8 Å². The van der Waals surface area contributed by atoms with Crippen LogP contribution in [0.2, 0.25) is 0 Å². The Hall–Kier alpha value is -2.67. The molecule has 1 N–H and O–H groups in total. The van der Waals surface area contributed by atoms with Crippen molar-refractivity contribution >= 4 is 30.0 Å². The van der Waals surface area contributed by atoms with E-state index in [2.05, 4.69) is 4.72 Å². The van der Waals surface area contributed by atoms with Gasteiger partial charge < -0.3 is 9.47 Å². The van der Waals surface area contributed by atoms with E-state index in [0.29, 0.717) is 17.9 Å². The molecule has 0 saturated carbocycles. The summed E-state index contributed by atoms with van der Waals surface area (Å²) in [6.07, 6.45) is 0.789. The first-order valence-electron chi connectivity index (χ1n) is 7.69. The lowest BCUT2D eigenvalue weighted by Gasteiger charge is -2.21. The Balaban J connectivity index is 1.85. The van der Waals surface area contributed by atoms with Crippen LogP contribution in [0.3, 0.4) is 0 Å². The average molecular weight is 358 g/mol. The van der Waals surface area contributed by atoms with Gasteiger partial charge in [0.25, 0.3) is 5.91 Å². The Morgan fingerprint density at radius 1 is 1.28 bits per heavy atom. The van der Waals surface area contributed by atoms with Crippen LogP contribution in [0.5, 0.6) is 11.5 Å². The summed E-state index contributed by atoms with van der Waals surface area (Å²) in [5.74, 6) is 1.29. The quantitative estimate of drug-likeness (QED) is 0.633. The average Bonchev–Trinajstić information content (AvgIpc) is 3.05. The number of hydrogen-bond donors (Lipinski definition) is 1. The molecule has 0 atom stereocenters. The fourth-order valence-electron chi connectivity index (χ4n) is 2.58. The van der Waals surface area contributed by atoms with Gasteiger partial charge in [-0.2, -0.15) is 0 Å². The van der Waals surface area contributed by atoms with Gasteiger partial charge in [0.05, 0.1) is 24.9 Å². The molecule has 0 spiro atoms. The van der Waals surface area contributed by atoms with Gasteiger partial charge in [-0.25, -0.2) is 0 Å². The molecule has 1 heterocycles. The van der Waals surface area contributed by atoms with Crippen LogP contribution in [0, 0.1) is 6.92 Å². The molecule has 3 rings (SSSR count). The molecule has 0 radical (unpaired) electrons. The predicted molar refractivity (Wildman–Crippen MR) is 97.0 cm³/mol. The number of amides is 1. The largest absolute Gasteiger partial charge is 0.497 e. The van der Waals surface area contributed by atoms with Crippen molar-refractivity contribution in [2.24, 2.45) is 0 Å². The second kappa shape index (κ2) is 7.48. The molecule has 6 nitrogen and oxygen atoms in total. The maximum atomic E-state index is 11.5. The molecule has 130 valence electrons. The molecule has 25 heavy (non-hydrogen) atoms. The van der Waals surface area contributed by atoms with Gasteiger partial charge in [0, 0.05) is 5.56 Å². The van der Waals surface area contributed by atoms with Crippen LogP contribution in [0.1, 0.15) is 21.5 Å². The highest BCUT2D eigenvalue weighted by molar-refractivity contribution is 7.99. The molecular formula is C18H18N2O4S. The zero-order valence-electron chi connectivity index (χ0n) is 13.9. The van der Waals surface area contributed by atoms with Gasteiger partial charge in [0.15, 0.2) is 0 Å². The number of carbonyl (C=O) groups is 2. The highest BCUT2D eigenvalue weighted by atomic mass is 32.2. The lowest BCUT2D eigenvalue weighted by molar-refractivity contribution is -0.117. The van der Waals surface area contributed by atoms with Gasteiger partial charge in [-0.1, -0.05) is 12.1 Å². The van der Waals surface area contributed by atoms with E-state index >= 15 is 0 Å². The van der Waals surface area contributed by atoms with Crippen molar-refractivity contribution in [3.05, 3.63) is 53.1 Å². The Bertz CT molecular complexity index is 792. The second-order valence-corrected chi connectivity index (χ2v) is 6.42. The number of nitrogens with zero attached hydrogens (tertiary/aromatic N) is 1. The lowest BCUT2D eigenvalue weighted by Crippen LogP contribution is -2.17. The van der Waals surface area contributed by atoms with Crippen LogP contribution in [0.4, 0.5) is 5.69 Å². The summed E-state index contributed by atoms with van der Waals surface area (Å²) in [5, 5.41) is 0. The first-order chi connectivity index (χ1) is 12.1. The Labute approximate surface area is 150 Å². The minimum atomic E-state index is -0.0648. The number of aryl methyl sites for hydroxylation is 1. The van der Waals surface area contributed by atoms with Crippen molar-refractivity contribution in [3.63, 3.8) is 0 Å². The van der Waals surface area contributed by atoms with Gasteiger partial charge in [-0.05, 0) is 42.3 Å². The van der Waals surface area contributed by atoms with Gasteiger partial charge in [-0.3, -0.25) is 18.6 Å². The van der Waals surface area contributed by atoms with E-state index in [-0.39, 0.29) is 12.5 Å². The van der Waals surface area contributed by atoms with E-state index in [1.807, 2.05) is 35.5 Å². The SMILES string of the molecule is COc1ccc(COc2cc(C=O)cc(C)c2N2CC(=O)NS2)cc1. The highest BCUT2D eigenvalue weighted by Crippen LogP contribution is 2.38. The molecule has 1 amide bonds. The Morgan fingerprint density at radius 3 is 2.64 bits per heavy atom. The fraction of sp³-hybridized carbons (Fsp3) is 0.222. The minimum Gasteiger partial charge on any atom is -0.497 e. The third-order valence-corrected chi connectivity index (χ3v) is 4.63. The van der Waals surface area contributed by atoms with Crippen molar-refractivity contribution in [1.29, 1.82) is 0 Å². The van der Waals surface area contributed by atoms with E-state index in [4.69, 9.17) is 9.47 Å². The van der Waals surface area contributed by atoms with Crippen molar-refractivity contribution in [2.45, 2.75) is 13.5 Å². The van der Waals surface area contributed by atoms with Crippen molar-refractivity contribution in [2.75, 3.05) is 18.0 Å². The van der Waals surface area contributed by atoms with Gasteiger partial charge in [0.2, 0.25) is 0 Å². The molecular weight excluding hydrogens is 340 g/mol. The summed E-state index contributed by atoms with van der Waals surface area (Å²) in [6, 6.07) is 11.1. The monoisotopic (exact) mass is 358 g/mol. The molecule has 7 heteroatoms. The number of anilines is 1. The zero-order valence-corrected chi connectivity index (χ0v) is 14.8. The molecule has 2 aromatic rings. The lowest BCUT2D eigenvalue weighted by atomic mass is 10.1. The maximum absolute atomic E-state index is 11.5. The van der Waals surface area contributed by atoms with E-state index in [1.165, 1.54) is 12.1 Å². The fourth-order valence-corrected chi connectivity index (χ4v) is 3.36. The maximum Gasteiger partial charge on any atom is 0.251 e. The highest BCUT2D eigenvalue weighted by Gasteiger charge is 2.25. The molecule has 0 bridgehead atoms. The molecule has 1 aliphatic heterocycles. The zero-order chi connectivity index (χ0) is 17.8. The predicted octanol–water partition coefficient (Wildman–Crippen LogP) is 2.89. The van der Waals surface area contributed by atoms with Crippen molar-refractivity contribution in [1.82, 2.24) is 4.72 Å². The molecule has 2 aromatic carbocycles. The summed E-state index contributed by atoms with van der Waals surface area (Å²) in [7, 11) is 1.62. The van der Waals surface area contributed by atoms with E-state index < -0.39 is 0 Å².